The molecule has 0 bridgehead atoms. The summed E-state index contributed by atoms with van der Waals surface area (Å²) in [5, 5.41) is 3.53. The van der Waals surface area contributed by atoms with Gasteiger partial charge >= 0.3 is 0 Å². The second-order valence-electron chi connectivity index (χ2n) is 6.80. The van der Waals surface area contributed by atoms with E-state index in [4.69, 9.17) is 4.74 Å². The van der Waals surface area contributed by atoms with Gasteiger partial charge in [-0.25, -0.2) is 14.4 Å². The summed E-state index contributed by atoms with van der Waals surface area (Å²) in [6.45, 7) is 1.82. The van der Waals surface area contributed by atoms with Gasteiger partial charge in [-0.05, 0) is 49.4 Å². The quantitative estimate of drug-likeness (QED) is 0.701. The molecule has 0 saturated carbocycles. The molecule has 27 heavy (non-hydrogen) atoms. The fraction of sp³-hybridized carbons (Fsp3) is 0.273. The number of aryl methyl sites for hydroxylation is 2. The Morgan fingerprint density at radius 3 is 2.81 bits per heavy atom. The lowest BCUT2D eigenvalue weighted by atomic mass is 9.88. The van der Waals surface area contributed by atoms with Crippen LogP contribution in [0, 0.1) is 12.7 Å². The summed E-state index contributed by atoms with van der Waals surface area (Å²) >= 11 is 0. The van der Waals surface area contributed by atoms with E-state index in [1.165, 1.54) is 18.2 Å². The fourth-order valence-corrected chi connectivity index (χ4v) is 3.73. The van der Waals surface area contributed by atoms with Crippen LogP contribution < -0.4 is 10.1 Å². The van der Waals surface area contributed by atoms with Crippen molar-refractivity contribution in [2.75, 3.05) is 12.4 Å². The molecular weight excluding hydrogens is 341 g/mol. The second kappa shape index (κ2) is 7.35. The Morgan fingerprint density at radius 2 is 1.96 bits per heavy atom. The van der Waals surface area contributed by atoms with Crippen molar-refractivity contribution in [2.45, 2.75) is 32.2 Å². The van der Waals surface area contributed by atoms with E-state index < -0.39 is 5.82 Å². The number of nitrogens with one attached hydrogen (secondary N) is 1. The summed E-state index contributed by atoms with van der Waals surface area (Å²) in [5.74, 6) is 1.11. The van der Waals surface area contributed by atoms with E-state index in [1.54, 1.807) is 18.2 Å². The predicted molar refractivity (Wildman–Crippen MR) is 104 cm³/mol. The Kier molecular flexibility index (Phi) is 4.75. The third-order valence-electron chi connectivity index (χ3n) is 4.99. The molecular formula is C22H22FN3O. The molecule has 1 heterocycles. The number of hydrogen-bond donors (Lipinski definition) is 1. The summed E-state index contributed by atoms with van der Waals surface area (Å²) in [6, 6.07) is 15.6. The highest BCUT2D eigenvalue weighted by Gasteiger charge is 2.21. The van der Waals surface area contributed by atoms with Crippen LogP contribution in [0.25, 0.3) is 11.3 Å². The SMILES string of the molecule is COc1cccc(-c2cc(NC3CCCc4ccccc43)nc(C)n2)c1F. The molecule has 1 aliphatic carbocycles. The number of ether oxygens (including phenoxy) is 1. The molecule has 0 saturated heterocycles. The second-order valence-corrected chi connectivity index (χ2v) is 6.80. The first-order valence-corrected chi connectivity index (χ1v) is 9.18. The van der Waals surface area contributed by atoms with Crippen molar-refractivity contribution >= 4 is 5.82 Å². The first kappa shape index (κ1) is 17.5. The molecule has 0 fully saturated rings. The molecule has 0 spiro atoms. The number of halogens is 1. The number of hydrogen-bond acceptors (Lipinski definition) is 4. The minimum Gasteiger partial charge on any atom is -0.494 e. The summed E-state index contributed by atoms with van der Waals surface area (Å²) in [7, 11) is 1.46. The summed E-state index contributed by atoms with van der Waals surface area (Å²) in [5.41, 5.74) is 3.65. The van der Waals surface area contributed by atoms with Crippen LogP contribution in [0.15, 0.2) is 48.5 Å². The third kappa shape index (κ3) is 3.50. The zero-order chi connectivity index (χ0) is 18.8. The Morgan fingerprint density at radius 1 is 1.11 bits per heavy atom. The topological polar surface area (TPSA) is 47.0 Å². The lowest BCUT2D eigenvalue weighted by Crippen LogP contribution is -2.18. The van der Waals surface area contributed by atoms with E-state index in [0.29, 0.717) is 22.9 Å². The molecule has 1 aromatic heterocycles. The van der Waals surface area contributed by atoms with Crippen molar-refractivity contribution in [3.8, 4) is 17.0 Å². The van der Waals surface area contributed by atoms with Crippen LogP contribution in [0.4, 0.5) is 10.2 Å². The highest BCUT2D eigenvalue weighted by molar-refractivity contribution is 5.65. The highest BCUT2D eigenvalue weighted by atomic mass is 19.1. The molecule has 1 atom stereocenters. The van der Waals surface area contributed by atoms with Gasteiger partial charge in [0, 0.05) is 11.6 Å². The molecule has 1 N–H and O–H groups in total. The smallest absolute Gasteiger partial charge is 0.174 e. The van der Waals surface area contributed by atoms with Crippen molar-refractivity contribution in [1.29, 1.82) is 0 Å². The monoisotopic (exact) mass is 363 g/mol. The first-order chi connectivity index (χ1) is 13.2. The van der Waals surface area contributed by atoms with Gasteiger partial charge in [0.05, 0.1) is 18.8 Å². The molecule has 4 rings (SSSR count). The van der Waals surface area contributed by atoms with Crippen molar-refractivity contribution in [2.24, 2.45) is 0 Å². The standard InChI is InChI=1S/C22H22FN3O/c1-14-24-19(17-10-6-12-20(27-2)22(17)23)13-21(25-14)26-18-11-5-8-15-7-3-4-9-16(15)18/h3-4,6-7,9-10,12-13,18H,5,8,11H2,1-2H3,(H,24,25,26). The van der Waals surface area contributed by atoms with Gasteiger partial charge in [-0.15, -0.1) is 0 Å². The van der Waals surface area contributed by atoms with Gasteiger partial charge in [0.25, 0.3) is 0 Å². The lowest BCUT2D eigenvalue weighted by Gasteiger charge is -2.27. The van der Waals surface area contributed by atoms with Crippen molar-refractivity contribution < 1.29 is 9.13 Å². The van der Waals surface area contributed by atoms with E-state index in [2.05, 4.69) is 39.6 Å². The van der Waals surface area contributed by atoms with Crippen LogP contribution >= 0.6 is 0 Å². The van der Waals surface area contributed by atoms with Gasteiger partial charge in [-0.2, -0.15) is 0 Å². The van der Waals surface area contributed by atoms with Gasteiger partial charge in [-0.1, -0.05) is 30.3 Å². The molecule has 5 heteroatoms. The van der Waals surface area contributed by atoms with Gasteiger partial charge in [0.1, 0.15) is 11.6 Å². The fourth-order valence-electron chi connectivity index (χ4n) is 3.73. The van der Waals surface area contributed by atoms with Crippen LogP contribution in [-0.4, -0.2) is 17.1 Å². The normalized spacial score (nSPS) is 15.9. The molecule has 3 aromatic rings. The number of rotatable bonds is 4. The van der Waals surface area contributed by atoms with Crippen LogP contribution in [0.3, 0.4) is 0 Å². The highest BCUT2D eigenvalue weighted by Crippen LogP contribution is 2.33. The minimum atomic E-state index is -0.410. The number of benzene rings is 2. The van der Waals surface area contributed by atoms with Crippen LogP contribution in [0.2, 0.25) is 0 Å². The Balaban J connectivity index is 1.69. The van der Waals surface area contributed by atoms with E-state index in [9.17, 15) is 4.39 Å². The Hall–Kier alpha value is -2.95. The predicted octanol–water partition coefficient (Wildman–Crippen LogP) is 5.09. The van der Waals surface area contributed by atoms with Gasteiger partial charge in [0.15, 0.2) is 11.6 Å². The molecule has 0 radical (unpaired) electrons. The summed E-state index contributed by atoms with van der Waals surface area (Å²) < 4.78 is 19.8. The molecule has 1 aliphatic rings. The maximum absolute atomic E-state index is 14.7. The van der Waals surface area contributed by atoms with E-state index in [0.717, 1.165) is 19.3 Å². The molecule has 4 nitrogen and oxygen atoms in total. The Bertz CT molecular complexity index is 974. The Labute approximate surface area is 158 Å². The number of anilines is 1. The van der Waals surface area contributed by atoms with Crippen LogP contribution in [0.1, 0.15) is 35.8 Å². The molecule has 138 valence electrons. The van der Waals surface area contributed by atoms with E-state index >= 15 is 0 Å². The minimum absolute atomic E-state index is 0.201. The maximum atomic E-state index is 14.7. The van der Waals surface area contributed by atoms with Gasteiger partial charge in [-0.3, -0.25) is 0 Å². The lowest BCUT2D eigenvalue weighted by molar-refractivity contribution is 0.387. The van der Waals surface area contributed by atoms with Gasteiger partial charge in [0.2, 0.25) is 0 Å². The molecule has 1 unspecified atom stereocenters. The largest absolute Gasteiger partial charge is 0.494 e. The average molecular weight is 363 g/mol. The maximum Gasteiger partial charge on any atom is 0.174 e. The first-order valence-electron chi connectivity index (χ1n) is 9.18. The molecule has 2 aromatic carbocycles. The van der Waals surface area contributed by atoms with Crippen LogP contribution in [0.5, 0.6) is 5.75 Å². The number of fused-ring (bicyclic) bond motifs is 1. The molecule has 0 aliphatic heterocycles. The van der Waals surface area contributed by atoms with Crippen molar-refractivity contribution in [1.82, 2.24) is 9.97 Å². The van der Waals surface area contributed by atoms with Gasteiger partial charge < -0.3 is 10.1 Å². The number of aromatic nitrogens is 2. The van der Waals surface area contributed by atoms with Crippen molar-refractivity contribution in [3.63, 3.8) is 0 Å². The van der Waals surface area contributed by atoms with E-state index in [-0.39, 0.29) is 11.8 Å². The zero-order valence-electron chi connectivity index (χ0n) is 15.5. The van der Waals surface area contributed by atoms with Crippen LogP contribution in [-0.2, 0) is 6.42 Å². The zero-order valence-corrected chi connectivity index (χ0v) is 15.5. The third-order valence-corrected chi connectivity index (χ3v) is 4.99. The summed E-state index contributed by atoms with van der Waals surface area (Å²) in [4.78, 5) is 8.95. The summed E-state index contributed by atoms with van der Waals surface area (Å²) in [6.07, 6.45) is 3.29. The van der Waals surface area contributed by atoms with E-state index in [1.807, 2.05) is 13.0 Å². The number of nitrogens with zero attached hydrogens (tertiary/aromatic N) is 2. The number of methoxy groups -OCH3 is 1. The van der Waals surface area contributed by atoms with Crippen molar-refractivity contribution in [3.05, 3.63) is 71.3 Å². The average Bonchev–Trinajstić information content (AvgIpc) is 2.68. The molecule has 0 amide bonds.